The molecule has 0 aliphatic heterocycles. The maximum Gasteiger partial charge on any atom is 0.341 e. The minimum absolute atomic E-state index is 0.208. The molecule has 6 heteroatoms. The first kappa shape index (κ1) is 17.0. The molecule has 1 atom stereocenters. The number of carbonyl (C=O) groups excluding carboxylic acids is 1. The highest BCUT2D eigenvalue weighted by atomic mass is 16.5. The van der Waals surface area contributed by atoms with E-state index in [0.717, 1.165) is 18.5 Å². The van der Waals surface area contributed by atoms with Crippen LogP contribution in [0.25, 0.3) is 0 Å². The van der Waals surface area contributed by atoms with Crippen LogP contribution in [0.3, 0.4) is 0 Å². The standard InChI is InChI=1S/C19H19NO5/c1-24-17-9-13-2-5-15(8-14(13)10-17)20-19(23)12-3-6-16(7-4-12)25-11-18(21)22/h2-8,17H,9-11H2,1H3,(H,20,23)(H,21,22). The number of ether oxygens (including phenoxy) is 2. The van der Waals surface area contributed by atoms with Crippen molar-refractivity contribution < 1.29 is 24.2 Å². The second-order valence-corrected chi connectivity index (χ2v) is 5.91. The molecule has 1 amide bonds. The lowest BCUT2D eigenvalue weighted by atomic mass is 10.1. The summed E-state index contributed by atoms with van der Waals surface area (Å²) in [6, 6.07) is 12.2. The summed E-state index contributed by atoms with van der Waals surface area (Å²) in [6.07, 6.45) is 1.96. The molecule has 0 radical (unpaired) electrons. The molecule has 2 aromatic carbocycles. The molecule has 25 heavy (non-hydrogen) atoms. The van der Waals surface area contributed by atoms with Crippen molar-refractivity contribution >= 4 is 17.6 Å². The summed E-state index contributed by atoms with van der Waals surface area (Å²) in [5.41, 5.74) is 3.66. The number of carboxylic acid groups (broad SMARTS) is 1. The van der Waals surface area contributed by atoms with Gasteiger partial charge in [0.05, 0.1) is 6.10 Å². The van der Waals surface area contributed by atoms with Crippen LogP contribution < -0.4 is 10.1 Å². The summed E-state index contributed by atoms with van der Waals surface area (Å²) in [5.74, 6) is -0.873. The van der Waals surface area contributed by atoms with Crippen LogP contribution in [0.1, 0.15) is 21.5 Å². The van der Waals surface area contributed by atoms with Gasteiger partial charge < -0.3 is 19.9 Å². The van der Waals surface area contributed by atoms with Crippen LogP contribution in [0.2, 0.25) is 0 Å². The second kappa shape index (κ2) is 7.36. The van der Waals surface area contributed by atoms with Crippen molar-refractivity contribution in [3.05, 3.63) is 59.2 Å². The fourth-order valence-corrected chi connectivity index (χ4v) is 2.87. The highest BCUT2D eigenvalue weighted by molar-refractivity contribution is 6.04. The van der Waals surface area contributed by atoms with E-state index in [2.05, 4.69) is 5.32 Å². The molecule has 130 valence electrons. The van der Waals surface area contributed by atoms with Crippen molar-refractivity contribution in [1.82, 2.24) is 0 Å². The number of nitrogens with one attached hydrogen (secondary N) is 1. The zero-order valence-electron chi connectivity index (χ0n) is 13.8. The third kappa shape index (κ3) is 4.16. The van der Waals surface area contributed by atoms with Crippen LogP contribution in [0.5, 0.6) is 5.75 Å². The van der Waals surface area contributed by atoms with E-state index in [9.17, 15) is 9.59 Å². The molecule has 2 aromatic rings. The summed E-state index contributed by atoms with van der Waals surface area (Å²) in [5, 5.41) is 11.5. The summed E-state index contributed by atoms with van der Waals surface area (Å²) in [7, 11) is 1.71. The lowest BCUT2D eigenvalue weighted by Crippen LogP contribution is -2.12. The number of hydrogen-bond acceptors (Lipinski definition) is 4. The van der Waals surface area contributed by atoms with Crippen molar-refractivity contribution in [3.63, 3.8) is 0 Å². The van der Waals surface area contributed by atoms with Gasteiger partial charge in [0.25, 0.3) is 5.91 Å². The third-order valence-corrected chi connectivity index (χ3v) is 4.17. The largest absolute Gasteiger partial charge is 0.482 e. The zero-order chi connectivity index (χ0) is 17.8. The zero-order valence-corrected chi connectivity index (χ0v) is 13.8. The second-order valence-electron chi connectivity index (χ2n) is 5.91. The molecule has 0 saturated heterocycles. The van der Waals surface area contributed by atoms with Crippen molar-refractivity contribution in [3.8, 4) is 5.75 Å². The Kier molecular flexibility index (Phi) is 5.00. The smallest absolute Gasteiger partial charge is 0.341 e. The van der Waals surface area contributed by atoms with Crippen LogP contribution in [-0.4, -0.2) is 36.8 Å². The number of anilines is 1. The Labute approximate surface area is 145 Å². The van der Waals surface area contributed by atoms with Gasteiger partial charge in [-0.05, 0) is 60.4 Å². The van der Waals surface area contributed by atoms with Gasteiger partial charge in [0.2, 0.25) is 0 Å². The number of carbonyl (C=O) groups is 2. The van der Waals surface area contributed by atoms with Gasteiger partial charge in [0.1, 0.15) is 5.75 Å². The molecule has 0 bridgehead atoms. The van der Waals surface area contributed by atoms with E-state index in [-0.39, 0.29) is 12.0 Å². The fraction of sp³-hybridized carbons (Fsp3) is 0.263. The average molecular weight is 341 g/mol. The predicted octanol–water partition coefficient (Wildman–Crippen LogP) is 2.52. The molecular weight excluding hydrogens is 322 g/mol. The SMILES string of the molecule is COC1Cc2ccc(NC(=O)c3ccc(OCC(=O)O)cc3)cc2C1. The number of aliphatic carboxylic acids is 1. The van der Waals surface area contributed by atoms with Gasteiger partial charge in [-0.3, -0.25) is 4.79 Å². The van der Waals surface area contributed by atoms with Crippen LogP contribution in [0, 0.1) is 0 Å². The lowest BCUT2D eigenvalue weighted by Gasteiger charge is -2.08. The van der Waals surface area contributed by atoms with E-state index in [1.165, 1.54) is 11.1 Å². The molecule has 0 fully saturated rings. The number of methoxy groups -OCH3 is 1. The quantitative estimate of drug-likeness (QED) is 0.843. The average Bonchev–Trinajstić information content (AvgIpc) is 3.02. The maximum absolute atomic E-state index is 12.3. The van der Waals surface area contributed by atoms with E-state index in [0.29, 0.717) is 11.3 Å². The highest BCUT2D eigenvalue weighted by Gasteiger charge is 2.21. The molecule has 2 N–H and O–H groups in total. The first-order valence-corrected chi connectivity index (χ1v) is 7.96. The third-order valence-electron chi connectivity index (χ3n) is 4.17. The number of fused-ring (bicyclic) bond motifs is 1. The van der Waals surface area contributed by atoms with Gasteiger partial charge in [0, 0.05) is 18.4 Å². The minimum Gasteiger partial charge on any atom is -0.482 e. The summed E-state index contributed by atoms with van der Waals surface area (Å²) in [6.45, 7) is -0.414. The Bertz CT molecular complexity index is 785. The molecule has 6 nitrogen and oxygen atoms in total. The summed E-state index contributed by atoms with van der Waals surface area (Å²) < 4.78 is 10.4. The molecule has 3 rings (SSSR count). The van der Waals surface area contributed by atoms with E-state index >= 15 is 0 Å². The van der Waals surface area contributed by atoms with Gasteiger partial charge in [0.15, 0.2) is 6.61 Å². The van der Waals surface area contributed by atoms with Crippen molar-refractivity contribution in [2.75, 3.05) is 19.0 Å². The van der Waals surface area contributed by atoms with Crippen molar-refractivity contribution in [2.45, 2.75) is 18.9 Å². The predicted molar refractivity (Wildman–Crippen MR) is 92.2 cm³/mol. The number of benzene rings is 2. The molecule has 1 unspecified atom stereocenters. The number of rotatable bonds is 6. The molecule has 1 aliphatic carbocycles. The van der Waals surface area contributed by atoms with Gasteiger partial charge in [-0.25, -0.2) is 4.79 Å². The Balaban J connectivity index is 1.64. The van der Waals surface area contributed by atoms with Crippen LogP contribution in [0.4, 0.5) is 5.69 Å². The van der Waals surface area contributed by atoms with Crippen LogP contribution >= 0.6 is 0 Å². The van der Waals surface area contributed by atoms with E-state index in [1.807, 2.05) is 18.2 Å². The molecule has 0 spiro atoms. The van der Waals surface area contributed by atoms with Gasteiger partial charge in [-0.2, -0.15) is 0 Å². The maximum atomic E-state index is 12.3. The fourth-order valence-electron chi connectivity index (χ4n) is 2.87. The summed E-state index contributed by atoms with van der Waals surface area (Å²) in [4.78, 5) is 22.8. The van der Waals surface area contributed by atoms with E-state index in [1.54, 1.807) is 31.4 Å². The lowest BCUT2D eigenvalue weighted by molar-refractivity contribution is -0.139. The Morgan fingerprint density at radius 3 is 2.52 bits per heavy atom. The molecular formula is C19H19NO5. The van der Waals surface area contributed by atoms with Crippen molar-refractivity contribution in [1.29, 1.82) is 0 Å². The Morgan fingerprint density at radius 1 is 1.12 bits per heavy atom. The van der Waals surface area contributed by atoms with Crippen LogP contribution in [0.15, 0.2) is 42.5 Å². The normalized spacial score (nSPS) is 15.5. The topological polar surface area (TPSA) is 84.9 Å². The minimum atomic E-state index is -1.05. The van der Waals surface area contributed by atoms with Crippen LogP contribution in [-0.2, 0) is 22.4 Å². The molecule has 0 aromatic heterocycles. The first-order chi connectivity index (χ1) is 12.0. The first-order valence-electron chi connectivity index (χ1n) is 7.96. The number of amides is 1. The van der Waals surface area contributed by atoms with Crippen molar-refractivity contribution in [2.24, 2.45) is 0 Å². The monoisotopic (exact) mass is 341 g/mol. The highest BCUT2D eigenvalue weighted by Crippen LogP contribution is 2.27. The summed E-state index contributed by atoms with van der Waals surface area (Å²) >= 11 is 0. The van der Waals surface area contributed by atoms with Gasteiger partial charge in [-0.15, -0.1) is 0 Å². The van der Waals surface area contributed by atoms with Gasteiger partial charge >= 0.3 is 5.97 Å². The van der Waals surface area contributed by atoms with E-state index in [4.69, 9.17) is 14.6 Å². The molecule has 0 heterocycles. The number of carboxylic acids is 1. The molecule has 1 aliphatic rings. The Morgan fingerprint density at radius 2 is 1.84 bits per heavy atom. The number of hydrogen-bond donors (Lipinski definition) is 2. The van der Waals surface area contributed by atoms with E-state index < -0.39 is 12.6 Å². The van der Waals surface area contributed by atoms with Gasteiger partial charge in [-0.1, -0.05) is 6.07 Å². The Hall–Kier alpha value is -2.86. The molecule has 0 saturated carbocycles.